The van der Waals surface area contributed by atoms with E-state index in [9.17, 15) is 4.79 Å². The van der Waals surface area contributed by atoms with Gasteiger partial charge in [-0.3, -0.25) is 9.69 Å². The first kappa shape index (κ1) is 23.8. The Hall–Kier alpha value is -3.32. The van der Waals surface area contributed by atoms with E-state index >= 15 is 0 Å². The molecule has 2 heterocycles. The van der Waals surface area contributed by atoms with Gasteiger partial charge in [-0.1, -0.05) is 55.8 Å². The molecule has 1 N–H and O–H groups in total. The van der Waals surface area contributed by atoms with E-state index < -0.39 is 0 Å². The van der Waals surface area contributed by atoms with Crippen LogP contribution in [0.3, 0.4) is 0 Å². The van der Waals surface area contributed by atoms with Crippen LogP contribution in [-0.2, 0) is 18.6 Å². The zero-order chi connectivity index (χ0) is 24.3. The second-order valence-corrected chi connectivity index (χ2v) is 9.64. The highest BCUT2D eigenvalue weighted by molar-refractivity contribution is 5.79. The molecule has 7 heteroatoms. The van der Waals surface area contributed by atoms with Gasteiger partial charge in [0.1, 0.15) is 0 Å². The topological polar surface area (TPSA) is 79.7 Å². The predicted molar refractivity (Wildman–Crippen MR) is 135 cm³/mol. The van der Waals surface area contributed by atoms with Gasteiger partial charge in [-0.05, 0) is 73.2 Å². The maximum absolute atomic E-state index is 13.0. The summed E-state index contributed by atoms with van der Waals surface area (Å²) in [7, 11) is 0. The molecule has 2 aromatic heterocycles. The normalized spacial score (nSPS) is 13.0. The number of hydrogen-bond acceptors (Lipinski definition) is 5. The van der Waals surface area contributed by atoms with Crippen molar-refractivity contribution in [3.63, 3.8) is 0 Å². The molecule has 7 nitrogen and oxygen atoms in total. The average molecular weight is 459 g/mol. The van der Waals surface area contributed by atoms with Crippen molar-refractivity contribution in [1.29, 1.82) is 0 Å². The summed E-state index contributed by atoms with van der Waals surface area (Å²) < 4.78 is 1.95. The van der Waals surface area contributed by atoms with Crippen LogP contribution >= 0.6 is 0 Å². The summed E-state index contributed by atoms with van der Waals surface area (Å²) in [5.74, 6) is 0.832. The second kappa shape index (κ2) is 9.89. The van der Waals surface area contributed by atoms with E-state index in [0.29, 0.717) is 13.1 Å². The van der Waals surface area contributed by atoms with E-state index in [1.165, 1.54) is 11.1 Å². The Balaban J connectivity index is 1.77. The molecule has 0 radical (unpaired) electrons. The van der Waals surface area contributed by atoms with Gasteiger partial charge in [-0.2, -0.15) is 0 Å². The highest BCUT2D eigenvalue weighted by Gasteiger charge is 2.31. The van der Waals surface area contributed by atoms with Crippen LogP contribution in [0, 0.1) is 6.92 Å². The summed E-state index contributed by atoms with van der Waals surface area (Å²) in [5, 5.41) is 13.9. The molecule has 0 bridgehead atoms. The molecule has 34 heavy (non-hydrogen) atoms. The highest BCUT2D eigenvalue weighted by atomic mass is 16.1. The van der Waals surface area contributed by atoms with Crippen LogP contribution < -0.4 is 5.56 Å². The van der Waals surface area contributed by atoms with Crippen LogP contribution in [0.5, 0.6) is 0 Å². The first-order valence-corrected chi connectivity index (χ1v) is 12.0. The highest BCUT2D eigenvalue weighted by Crippen LogP contribution is 2.30. The van der Waals surface area contributed by atoms with Crippen LogP contribution in [0.25, 0.3) is 10.9 Å². The molecule has 0 amide bonds. The Morgan fingerprint density at radius 3 is 2.53 bits per heavy atom. The van der Waals surface area contributed by atoms with Gasteiger partial charge in [0.2, 0.25) is 0 Å². The Labute approximate surface area is 200 Å². The lowest BCUT2D eigenvalue weighted by atomic mass is 10.0. The van der Waals surface area contributed by atoms with Crippen molar-refractivity contribution in [2.24, 2.45) is 0 Å². The first-order valence-electron chi connectivity index (χ1n) is 12.0. The standard InChI is InChI=1S/C27H34N6O/c1-6-24(25-29-30-31-33(25)27(4,5)7-2)32(17-20-11-9-8-10-12-20)18-22-16-21-15-19(3)13-14-23(21)28-26(22)34/h8-16,24H,6-7,17-18H2,1-5H3,(H,28,34)/t24-/m0/s1. The number of rotatable bonds is 9. The van der Waals surface area contributed by atoms with Gasteiger partial charge in [-0.15, -0.1) is 5.10 Å². The molecule has 0 aliphatic heterocycles. The number of aromatic nitrogens is 5. The number of benzene rings is 2. The molecule has 0 spiro atoms. The molecule has 1 atom stereocenters. The lowest BCUT2D eigenvalue weighted by Crippen LogP contribution is -2.36. The minimum atomic E-state index is -0.206. The van der Waals surface area contributed by atoms with E-state index in [1.807, 2.05) is 41.1 Å². The largest absolute Gasteiger partial charge is 0.322 e. The zero-order valence-corrected chi connectivity index (χ0v) is 20.7. The lowest BCUT2D eigenvalue weighted by molar-refractivity contribution is 0.150. The van der Waals surface area contributed by atoms with Gasteiger partial charge >= 0.3 is 0 Å². The summed E-state index contributed by atoms with van der Waals surface area (Å²) in [6.45, 7) is 11.8. The van der Waals surface area contributed by atoms with Crippen LogP contribution in [-0.4, -0.2) is 30.1 Å². The van der Waals surface area contributed by atoms with E-state index in [0.717, 1.165) is 35.1 Å². The Morgan fingerprint density at radius 2 is 1.82 bits per heavy atom. The predicted octanol–water partition coefficient (Wildman–Crippen LogP) is 5.12. The monoisotopic (exact) mass is 458 g/mol. The van der Waals surface area contributed by atoms with E-state index in [4.69, 9.17) is 0 Å². The number of tetrazole rings is 1. The summed E-state index contributed by atoms with van der Waals surface area (Å²) in [4.78, 5) is 18.4. The molecule has 0 saturated carbocycles. The third kappa shape index (κ3) is 4.94. The zero-order valence-electron chi connectivity index (χ0n) is 20.7. The number of pyridine rings is 1. The van der Waals surface area contributed by atoms with Crippen molar-refractivity contribution in [3.8, 4) is 0 Å². The Bertz CT molecular complexity index is 1310. The van der Waals surface area contributed by atoms with Crippen LogP contribution in [0.4, 0.5) is 0 Å². The molecular formula is C27H34N6O. The number of H-pyrrole nitrogens is 1. The van der Waals surface area contributed by atoms with Crippen molar-refractivity contribution in [1.82, 2.24) is 30.1 Å². The fraction of sp³-hybridized carbons (Fsp3) is 0.407. The first-order chi connectivity index (χ1) is 16.3. The van der Waals surface area contributed by atoms with Crippen molar-refractivity contribution < 1.29 is 0 Å². The third-order valence-electron chi connectivity index (χ3n) is 6.74. The number of aromatic amines is 1. The molecule has 4 rings (SSSR count). The van der Waals surface area contributed by atoms with E-state index in [2.05, 4.69) is 78.2 Å². The molecule has 0 unspecified atom stereocenters. The summed E-state index contributed by atoms with van der Waals surface area (Å²) >= 11 is 0. The van der Waals surface area contributed by atoms with E-state index in [-0.39, 0.29) is 17.1 Å². The molecule has 0 saturated heterocycles. The SMILES string of the molecule is CC[C@@H](c1nnnn1C(C)(C)CC)N(Cc1ccccc1)Cc1cc2cc(C)ccc2[nH]c1=O. The summed E-state index contributed by atoms with van der Waals surface area (Å²) in [5.41, 5.74) is 3.68. The Kier molecular flexibility index (Phi) is 6.93. The van der Waals surface area contributed by atoms with Crippen molar-refractivity contribution in [2.75, 3.05) is 0 Å². The summed E-state index contributed by atoms with van der Waals surface area (Å²) in [6.07, 6.45) is 1.72. The average Bonchev–Trinajstić information content (AvgIpc) is 3.31. The quantitative estimate of drug-likeness (QED) is 0.376. The van der Waals surface area contributed by atoms with Gasteiger partial charge < -0.3 is 4.98 Å². The third-order valence-corrected chi connectivity index (χ3v) is 6.74. The number of nitrogens with one attached hydrogen (secondary N) is 1. The van der Waals surface area contributed by atoms with Crippen LogP contribution in [0.15, 0.2) is 59.4 Å². The number of fused-ring (bicyclic) bond motifs is 1. The lowest BCUT2D eigenvalue weighted by Gasteiger charge is -2.33. The van der Waals surface area contributed by atoms with Crippen LogP contribution in [0.2, 0.25) is 0 Å². The van der Waals surface area contributed by atoms with Gasteiger partial charge in [0, 0.05) is 24.2 Å². The number of nitrogens with zero attached hydrogens (tertiary/aromatic N) is 5. The van der Waals surface area contributed by atoms with Gasteiger partial charge in [0.25, 0.3) is 5.56 Å². The number of hydrogen-bond donors (Lipinski definition) is 1. The van der Waals surface area contributed by atoms with Crippen molar-refractivity contribution in [2.45, 2.75) is 72.1 Å². The molecule has 0 aliphatic carbocycles. The molecule has 0 aliphatic rings. The fourth-order valence-electron chi connectivity index (χ4n) is 4.39. The van der Waals surface area contributed by atoms with Crippen molar-refractivity contribution >= 4 is 10.9 Å². The van der Waals surface area contributed by atoms with Gasteiger partial charge in [0.05, 0.1) is 11.6 Å². The molecule has 178 valence electrons. The maximum Gasteiger partial charge on any atom is 0.252 e. The molecule has 4 aromatic rings. The molecule has 0 fully saturated rings. The minimum absolute atomic E-state index is 0.0476. The Morgan fingerprint density at radius 1 is 1.06 bits per heavy atom. The maximum atomic E-state index is 13.0. The van der Waals surface area contributed by atoms with Gasteiger partial charge in [-0.25, -0.2) is 4.68 Å². The van der Waals surface area contributed by atoms with Crippen LogP contribution in [0.1, 0.15) is 69.1 Å². The van der Waals surface area contributed by atoms with Crippen molar-refractivity contribution in [3.05, 3.63) is 87.5 Å². The van der Waals surface area contributed by atoms with Gasteiger partial charge in [0.15, 0.2) is 5.82 Å². The smallest absolute Gasteiger partial charge is 0.252 e. The molecule has 2 aromatic carbocycles. The minimum Gasteiger partial charge on any atom is -0.322 e. The fourth-order valence-corrected chi connectivity index (χ4v) is 4.39. The number of aryl methyl sites for hydroxylation is 1. The second-order valence-electron chi connectivity index (χ2n) is 9.64. The molecular weight excluding hydrogens is 424 g/mol. The summed E-state index contributed by atoms with van der Waals surface area (Å²) in [6, 6.07) is 18.4. The van der Waals surface area contributed by atoms with E-state index in [1.54, 1.807) is 0 Å².